The van der Waals surface area contributed by atoms with Gasteiger partial charge in [0.1, 0.15) is 11.6 Å². The van der Waals surface area contributed by atoms with Gasteiger partial charge in [0, 0.05) is 0 Å². The number of nitrogens with one attached hydrogen (secondary N) is 2. The molecule has 5 heteroatoms. The molecule has 0 aliphatic heterocycles. The van der Waals surface area contributed by atoms with Gasteiger partial charge >= 0.3 is 6.09 Å². The fourth-order valence-corrected chi connectivity index (χ4v) is 1.75. The van der Waals surface area contributed by atoms with Crippen LogP contribution in [0.25, 0.3) is 0 Å². The van der Waals surface area contributed by atoms with Crippen LogP contribution >= 0.6 is 0 Å². The molecule has 0 bridgehead atoms. The Morgan fingerprint density at radius 1 is 1.15 bits per heavy atom. The van der Waals surface area contributed by atoms with Crippen LogP contribution in [0.4, 0.5) is 4.79 Å². The van der Waals surface area contributed by atoms with E-state index >= 15 is 0 Å². The van der Waals surface area contributed by atoms with Gasteiger partial charge in [-0.05, 0) is 26.7 Å². The van der Waals surface area contributed by atoms with Crippen LogP contribution in [-0.4, -0.2) is 29.7 Å². The van der Waals surface area contributed by atoms with Gasteiger partial charge in [0.2, 0.25) is 5.91 Å². The maximum Gasteiger partial charge on any atom is 0.408 e. The van der Waals surface area contributed by atoms with Gasteiger partial charge in [-0.2, -0.15) is 0 Å². The molecule has 0 heterocycles. The Labute approximate surface area is 120 Å². The Morgan fingerprint density at radius 3 is 2.15 bits per heavy atom. The monoisotopic (exact) mass is 280 g/mol. The number of allylic oxidation sites excluding steroid dienone is 2. The van der Waals surface area contributed by atoms with Crippen LogP contribution in [-0.2, 0) is 9.53 Å². The number of alkyl carbamates (subject to hydrolysis) is 1. The molecule has 112 valence electrons. The van der Waals surface area contributed by atoms with Crippen molar-refractivity contribution in [1.82, 2.24) is 10.6 Å². The lowest BCUT2D eigenvalue weighted by Crippen LogP contribution is -2.52. The molecule has 20 heavy (non-hydrogen) atoms. The minimum absolute atomic E-state index is 0.0307. The summed E-state index contributed by atoms with van der Waals surface area (Å²) >= 11 is 0. The van der Waals surface area contributed by atoms with E-state index in [0.717, 1.165) is 0 Å². The van der Waals surface area contributed by atoms with Crippen LogP contribution < -0.4 is 10.6 Å². The van der Waals surface area contributed by atoms with E-state index in [9.17, 15) is 9.59 Å². The molecule has 0 aromatic carbocycles. The third-order valence-electron chi connectivity index (χ3n) is 2.68. The highest BCUT2D eigenvalue weighted by molar-refractivity contribution is 5.86. The lowest BCUT2D eigenvalue weighted by molar-refractivity contribution is -0.124. The van der Waals surface area contributed by atoms with Crippen molar-refractivity contribution in [3.8, 4) is 0 Å². The minimum atomic E-state index is -0.618. The van der Waals surface area contributed by atoms with Crippen molar-refractivity contribution in [2.75, 3.05) is 0 Å². The number of ether oxygens (including phenoxy) is 1. The fourth-order valence-electron chi connectivity index (χ4n) is 1.75. The summed E-state index contributed by atoms with van der Waals surface area (Å²) in [5.74, 6) is -0.246. The van der Waals surface area contributed by atoms with Gasteiger partial charge in [-0.1, -0.05) is 38.2 Å². The zero-order chi connectivity index (χ0) is 15.3. The predicted molar refractivity (Wildman–Crippen MR) is 78.2 cm³/mol. The molecule has 1 rings (SSSR count). The first kappa shape index (κ1) is 16.3. The predicted octanol–water partition coefficient (Wildman–Crippen LogP) is 2.15. The van der Waals surface area contributed by atoms with E-state index in [2.05, 4.69) is 10.6 Å². The lowest BCUT2D eigenvalue weighted by atomic mass is 10.0. The summed E-state index contributed by atoms with van der Waals surface area (Å²) in [7, 11) is 0. The zero-order valence-electron chi connectivity index (χ0n) is 12.8. The van der Waals surface area contributed by atoms with Crippen molar-refractivity contribution in [2.24, 2.45) is 5.92 Å². The molecule has 0 radical (unpaired) electrons. The second kappa shape index (κ2) is 6.59. The molecular weight excluding hydrogens is 256 g/mol. The summed E-state index contributed by atoms with van der Waals surface area (Å²) < 4.78 is 5.18. The summed E-state index contributed by atoms with van der Waals surface area (Å²) in [6.45, 7) is 9.10. The molecule has 2 N–H and O–H groups in total. The van der Waals surface area contributed by atoms with E-state index in [0.29, 0.717) is 0 Å². The SMILES string of the molecule is CC(C)[C@H](NC(=O)OC(C)(C)C)C(=O)NC1C=CC=C1. The standard InChI is InChI=1S/C15H24N2O3/c1-10(2)12(17-14(19)20-15(3,4)5)13(18)16-11-8-6-7-9-11/h6-12H,1-5H3,(H,16,18)(H,17,19)/t12-/m0/s1. The van der Waals surface area contributed by atoms with E-state index in [1.807, 2.05) is 38.2 Å². The minimum Gasteiger partial charge on any atom is -0.444 e. The van der Waals surface area contributed by atoms with Crippen molar-refractivity contribution in [3.63, 3.8) is 0 Å². The summed E-state index contributed by atoms with van der Waals surface area (Å²) in [6, 6.07) is -0.726. The molecule has 0 fully saturated rings. The molecule has 0 spiro atoms. The topological polar surface area (TPSA) is 67.4 Å². The molecule has 0 aromatic rings. The number of amides is 2. The molecule has 0 saturated heterocycles. The Bertz CT molecular complexity index is 407. The van der Waals surface area contributed by atoms with Crippen molar-refractivity contribution >= 4 is 12.0 Å². The Morgan fingerprint density at radius 2 is 1.70 bits per heavy atom. The summed E-state index contributed by atoms with van der Waals surface area (Å²) in [6.07, 6.45) is 6.92. The smallest absolute Gasteiger partial charge is 0.408 e. The summed E-state index contributed by atoms with van der Waals surface area (Å²) in [5, 5.41) is 5.47. The van der Waals surface area contributed by atoms with Gasteiger partial charge < -0.3 is 15.4 Å². The van der Waals surface area contributed by atoms with E-state index in [4.69, 9.17) is 4.74 Å². The third kappa shape index (κ3) is 5.47. The first-order valence-electron chi connectivity index (χ1n) is 6.84. The Hall–Kier alpha value is -1.78. The maximum absolute atomic E-state index is 12.2. The average Bonchev–Trinajstić information content (AvgIpc) is 2.75. The number of hydrogen-bond donors (Lipinski definition) is 2. The second-order valence-corrected chi connectivity index (χ2v) is 6.17. The van der Waals surface area contributed by atoms with Gasteiger partial charge in [-0.25, -0.2) is 4.79 Å². The first-order valence-corrected chi connectivity index (χ1v) is 6.84. The van der Waals surface area contributed by atoms with Crippen LogP contribution in [0.1, 0.15) is 34.6 Å². The van der Waals surface area contributed by atoms with Crippen molar-refractivity contribution < 1.29 is 14.3 Å². The van der Waals surface area contributed by atoms with Crippen LogP contribution in [0.15, 0.2) is 24.3 Å². The highest BCUT2D eigenvalue weighted by Gasteiger charge is 2.27. The highest BCUT2D eigenvalue weighted by atomic mass is 16.6. The Balaban J connectivity index is 2.59. The van der Waals surface area contributed by atoms with Crippen molar-refractivity contribution in [3.05, 3.63) is 24.3 Å². The molecule has 1 atom stereocenters. The van der Waals surface area contributed by atoms with Gasteiger partial charge in [0.15, 0.2) is 0 Å². The van der Waals surface area contributed by atoms with Crippen molar-refractivity contribution in [2.45, 2.75) is 52.3 Å². The Kier molecular flexibility index (Phi) is 5.36. The van der Waals surface area contributed by atoms with Crippen LogP contribution in [0.5, 0.6) is 0 Å². The zero-order valence-corrected chi connectivity index (χ0v) is 12.8. The highest BCUT2D eigenvalue weighted by Crippen LogP contribution is 2.09. The molecule has 2 amide bonds. The third-order valence-corrected chi connectivity index (χ3v) is 2.68. The fraction of sp³-hybridized carbons (Fsp3) is 0.600. The molecule has 1 aliphatic rings. The number of hydrogen-bond acceptors (Lipinski definition) is 3. The van der Waals surface area contributed by atoms with Crippen LogP contribution in [0.2, 0.25) is 0 Å². The molecular formula is C15H24N2O3. The number of rotatable bonds is 4. The summed E-state index contributed by atoms with van der Waals surface area (Å²) in [4.78, 5) is 24.0. The maximum atomic E-state index is 12.2. The quantitative estimate of drug-likeness (QED) is 0.829. The van der Waals surface area contributed by atoms with E-state index in [1.165, 1.54) is 0 Å². The van der Waals surface area contributed by atoms with Gasteiger partial charge in [-0.3, -0.25) is 4.79 Å². The van der Waals surface area contributed by atoms with E-state index < -0.39 is 17.7 Å². The van der Waals surface area contributed by atoms with Gasteiger partial charge in [-0.15, -0.1) is 0 Å². The number of carbonyl (C=O) groups excluding carboxylic acids is 2. The van der Waals surface area contributed by atoms with Gasteiger partial charge in [0.05, 0.1) is 6.04 Å². The first-order chi connectivity index (χ1) is 9.19. The van der Waals surface area contributed by atoms with Crippen LogP contribution in [0.3, 0.4) is 0 Å². The van der Waals surface area contributed by atoms with Crippen LogP contribution in [0, 0.1) is 5.92 Å². The van der Waals surface area contributed by atoms with E-state index in [1.54, 1.807) is 20.8 Å². The van der Waals surface area contributed by atoms with Gasteiger partial charge in [0.25, 0.3) is 0 Å². The second-order valence-electron chi connectivity index (χ2n) is 6.17. The van der Waals surface area contributed by atoms with Crippen molar-refractivity contribution in [1.29, 1.82) is 0 Å². The average molecular weight is 280 g/mol. The molecule has 1 aliphatic carbocycles. The molecule has 0 saturated carbocycles. The largest absolute Gasteiger partial charge is 0.444 e. The molecule has 0 unspecified atom stereocenters. The molecule has 5 nitrogen and oxygen atoms in total. The number of carbonyl (C=O) groups is 2. The lowest BCUT2D eigenvalue weighted by Gasteiger charge is -2.25. The summed E-state index contributed by atoms with van der Waals surface area (Å²) in [5.41, 5.74) is -0.584. The van der Waals surface area contributed by atoms with E-state index in [-0.39, 0.29) is 17.9 Å². The normalized spacial score (nSPS) is 16.3. The molecule has 0 aromatic heterocycles.